The molecular weight excluding hydrogens is 434 g/mol. The number of nitrogens with one attached hydrogen (secondary N) is 1. The number of hydrogen-bond donors (Lipinski definition) is 1. The van der Waals surface area contributed by atoms with E-state index in [0.717, 1.165) is 5.56 Å². The molecule has 2 unspecified atom stereocenters. The zero-order valence-corrected chi connectivity index (χ0v) is 18.8. The SMILES string of the molecule is COC(=O)CCc1ccc(N(CC(C)OS(=O)[O-])C(=O)Nc2ccc(C#N)cc2C)cc1. The van der Waals surface area contributed by atoms with Crippen LogP contribution in [0.3, 0.4) is 0 Å². The third kappa shape index (κ3) is 7.46. The lowest BCUT2D eigenvalue weighted by atomic mass is 10.1. The molecule has 0 heterocycles. The van der Waals surface area contributed by atoms with Gasteiger partial charge in [-0.05, 0) is 61.7 Å². The fourth-order valence-electron chi connectivity index (χ4n) is 2.97. The summed E-state index contributed by atoms with van der Waals surface area (Å²) in [5, 5.41) is 11.8. The molecule has 0 fully saturated rings. The first-order valence-electron chi connectivity index (χ1n) is 9.75. The van der Waals surface area contributed by atoms with Gasteiger partial charge in [0.1, 0.15) is 0 Å². The number of methoxy groups -OCH3 is 1. The third-order valence-corrected chi connectivity index (χ3v) is 5.10. The molecular formula is C22H24N3O6S-. The van der Waals surface area contributed by atoms with Crippen molar-refractivity contribution in [1.82, 2.24) is 0 Å². The summed E-state index contributed by atoms with van der Waals surface area (Å²) in [6.45, 7) is 3.27. The van der Waals surface area contributed by atoms with Crippen LogP contribution >= 0.6 is 0 Å². The summed E-state index contributed by atoms with van der Waals surface area (Å²) < 4.78 is 31.2. The Bertz CT molecular complexity index is 1020. The first-order valence-corrected chi connectivity index (χ1v) is 10.7. The molecule has 0 aromatic heterocycles. The number of nitriles is 1. The Morgan fingerprint density at radius 1 is 1.25 bits per heavy atom. The van der Waals surface area contributed by atoms with Gasteiger partial charge >= 0.3 is 12.0 Å². The third-order valence-electron chi connectivity index (χ3n) is 4.62. The average molecular weight is 459 g/mol. The molecule has 0 aliphatic rings. The van der Waals surface area contributed by atoms with Crippen LogP contribution in [-0.2, 0) is 31.5 Å². The van der Waals surface area contributed by atoms with Crippen molar-refractivity contribution >= 4 is 34.7 Å². The second kappa shape index (κ2) is 12.0. The highest BCUT2D eigenvalue weighted by atomic mass is 32.2. The molecule has 2 atom stereocenters. The Kier molecular flexibility index (Phi) is 9.34. The Hall–Kier alpha value is -3.26. The van der Waals surface area contributed by atoms with Gasteiger partial charge < -0.3 is 14.6 Å². The van der Waals surface area contributed by atoms with Gasteiger partial charge in [0.25, 0.3) is 0 Å². The maximum atomic E-state index is 13.1. The minimum Gasteiger partial charge on any atom is -0.750 e. The van der Waals surface area contributed by atoms with Crippen LogP contribution < -0.4 is 10.2 Å². The standard InChI is InChI=1S/C22H25N3O6S/c1-15-12-18(13-23)6-10-20(15)24-22(27)25(14-16(2)31-32(28)29)19-8-4-17(5-9-19)7-11-21(26)30-3/h4-6,8-10,12,16H,7,11,14H2,1-3H3,(H,24,27)(H,28,29)/p-1. The summed E-state index contributed by atoms with van der Waals surface area (Å²) in [4.78, 5) is 25.8. The Morgan fingerprint density at radius 3 is 2.50 bits per heavy atom. The van der Waals surface area contributed by atoms with E-state index in [0.29, 0.717) is 28.9 Å². The smallest absolute Gasteiger partial charge is 0.326 e. The number of benzene rings is 2. The Morgan fingerprint density at radius 2 is 1.94 bits per heavy atom. The number of ether oxygens (including phenoxy) is 1. The van der Waals surface area contributed by atoms with E-state index < -0.39 is 23.5 Å². The number of carbonyl (C=O) groups excluding carboxylic acids is 2. The lowest BCUT2D eigenvalue weighted by molar-refractivity contribution is -0.140. The van der Waals surface area contributed by atoms with Gasteiger partial charge in [-0.3, -0.25) is 13.9 Å². The van der Waals surface area contributed by atoms with E-state index in [1.807, 2.05) is 6.07 Å². The van der Waals surface area contributed by atoms with Crippen molar-refractivity contribution in [3.05, 3.63) is 59.2 Å². The number of aryl methyl sites for hydroxylation is 2. The minimum atomic E-state index is -2.72. The van der Waals surface area contributed by atoms with Gasteiger partial charge in [-0.1, -0.05) is 12.1 Å². The summed E-state index contributed by atoms with van der Waals surface area (Å²) in [7, 11) is 1.33. The predicted octanol–water partition coefficient (Wildman–Crippen LogP) is 3.21. The van der Waals surface area contributed by atoms with E-state index in [4.69, 9.17) is 9.44 Å². The van der Waals surface area contributed by atoms with Crippen molar-refractivity contribution in [3.63, 3.8) is 0 Å². The number of nitrogens with zero attached hydrogens (tertiary/aromatic N) is 2. The zero-order chi connectivity index (χ0) is 23.7. The van der Waals surface area contributed by atoms with Gasteiger partial charge in [0.15, 0.2) is 0 Å². The molecule has 0 radical (unpaired) electrons. The van der Waals surface area contributed by atoms with Crippen molar-refractivity contribution in [3.8, 4) is 6.07 Å². The molecule has 0 aliphatic heterocycles. The predicted molar refractivity (Wildman–Crippen MR) is 119 cm³/mol. The Labute approximate surface area is 189 Å². The number of amides is 2. The molecule has 0 aliphatic carbocycles. The number of anilines is 2. The molecule has 170 valence electrons. The van der Waals surface area contributed by atoms with Crippen LogP contribution in [0.1, 0.15) is 30.0 Å². The van der Waals surface area contributed by atoms with Crippen LogP contribution in [0, 0.1) is 18.3 Å². The summed E-state index contributed by atoms with van der Waals surface area (Å²) >= 11 is -2.72. The maximum absolute atomic E-state index is 13.1. The Balaban J connectivity index is 2.23. The molecule has 2 amide bonds. The quantitative estimate of drug-likeness (QED) is 0.451. The molecule has 1 N–H and O–H groups in total. The largest absolute Gasteiger partial charge is 0.750 e. The number of carbonyl (C=O) groups is 2. The molecule has 9 nitrogen and oxygen atoms in total. The van der Waals surface area contributed by atoms with Crippen molar-refractivity contribution < 1.29 is 27.3 Å². The summed E-state index contributed by atoms with van der Waals surface area (Å²) in [5.41, 5.74) is 3.10. The van der Waals surface area contributed by atoms with Gasteiger partial charge in [-0.2, -0.15) is 5.26 Å². The normalized spacial score (nSPS) is 12.3. The molecule has 2 rings (SSSR count). The number of rotatable bonds is 9. The van der Waals surface area contributed by atoms with Gasteiger partial charge in [0.2, 0.25) is 0 Å². The van der Waals surface area contributed by atoms with Gasteiger partial charge in [-0.25, -0.2) is 9.00 Å². The molecule has 0 spiro atoms. The molecule has 2 aromatic carbocycles. The van der Waals surface area contributed by atoms with Gasteiger partial charge in [-0.15, -0.1) is 0 Å². The second-order valence-corrected chi connectivity index (χ2v) is 7.64. The highest BCUT2D eigenvalue weighted by molar-refractivity contribution is 7.74. The zero-order valence-electron chi connectivity index (χ0n) is 18.0. The number of urea groups is 1. The van der Waals surface area contributed by atoms with E-state index >= 15 is 0 Å². The second-order valence-electron chi connectivity index (χ2n) is 7.04. The van der Waals surface area contributed by atoms with Gasteiger partial charge in [0, 0.05) is 17.8 Å². The van der Waals surface area contributed by atoms with Crippen LogP contribution in [-0.4, -0.2) is 40.5 Å². The van der Waals surface area contributed by atoms with E-state index in [1.54, 1.807) is 49.4 Å². The monoisotopic (exact) mass is 458 g/mol. The van der Waals surface area contributed by atoms with Crippen LogP contribution in [0.5, 0.6) is 0 Å². The van der Waals surface area contributed by atoms with Crippen molar-refractivity contribution in [2.24, 2.45) is 0 Å². The van der Waals surface area contributed by atoms with Gasteiger partial charge in [0.05, 0.1) is 42.8 Å². The average Bonchev–Trinajstić information content (AvgIpc) is 2.77. The van der Waals surface area contributed by atoms with Crippen LogP contribution in [0.15, 0.2) is 42.5 Å². The summed E-state index contributed by atoms with van der Waals surface area (Å²) in [5.74, 6) is -0.315. The van der Waals surface area contributed by atoms with Crippen molar-refractivity contribution in [2.45, 2.75) is 32.8 Å². The first-order chi connectivity index (χ1) is 15.2. The van der Waals surface area contributed by atoms with E-state index in [2.05, 4.69) is 10.1 Å². The number of hydrogen-bond acceptors (Lipinski definition) is 7. The fraction of sp³-hybridized carbons (Fsp3) is 0.318. The number of esters is 1. The van der Waals surface area contributed by atoms with Crippen molar-refractivity contribution in [2.75, 3.05) is 23.9 Å². The van der Waals surface area contributed by atoms with E-state index in [-0.39, 0.29) is 18.9 Å². The maximum Gasteiger partial charge on any atom is 0.326 e. The fourth-order valence-corrected chi connectivity index (χ4v) is 3.30. The van der Waals surface area contributed by atoms with Crippen LogP contribution in [0.2, 0.25) is 0 Å². The first kappa shape index (κ1) is 25.0. The van der Waals surface area contributed by atoms with Crippen LogP contribution in [0.4, 0.5) is 16.2 Å². The lowest BCUT2D eigenvalue weighted by Crippen LogP contribution is -2.40. The highest BCUT2D eigenvalue weighted by Gasteiger charge is 2.20. The van der Waals surface area contributed by atoms with E-state index in [9.17, 15) is 18.4 Å². The summed E-state index contributed by atoms with van der Waals surface area (Å²) in [6.07, 6.45) is -0.0728. The van der Waals surface area contributed by atoms with E-state index in [1.165, 1.54) is 18.9 Å². The molecule has 32 heavy (non-hydrogen) atoms. The summed E-state index contributed by atoms with van der Waals surface area (Å²) in [6, 6.07) is 13.4. The minimum absolute atomic E-state index is 0.0311. The molecule has 0 saturated heterocycles. The molecule has 0 saturated carbocycles. The van der Waals surface area contributed by atoms with Crippen LogP contribution in [0.25, 0.3) is 0 Å². The lowest BCUT2D eigenvalue weighted by Gasteiger charge is -2.27. The highest BCUT2D eigenvalue weighted by Crippen LogP contribution is 2.21. The topological polar surface area (TPSA) is 132 Å². The molecule has 2 aromatic rings. The molecule has 10 heteroatoms. The van der Waals surface area contributed by atoms with Crippen molar-refractivity contribution in [1.29, 1.82) is 5.26 Å². The molecule has 0 bridgehead atoms.